The SMILES string of the molecule is CCc1cccc(C)c1NC(=O)COC(=O)CSc1ccccc1[N+](=O)[O-]. The lowest BCUT2D eigenvalue weighted by Gasteiger charge is -2.13. The number of nitro groups is 1. The number of nitrogens with one attached hydrogen (secondary N) is 1. The van der Waals surface area contributed by atoms with Crippen molar-refractivity contribution in [2.45, 2.75) is 25.2 Å². The predicted octanol–water partition coefficient (Wildman–Crippen LogP) is 3.74. The van der Waals surface area contributed by atoms with Gasteiger partial charge in [0.15, 0.2) is 6.61 Å². The zero-order valence-corrected chi connectivity index (χ0v) is 15.9. The molecule has 0 saturated carbocycles. The Labute approximate surface area is 161 Å². The van der Waals surface area contributed by atoms with Crippen LogP contribution in [0.25, 0.3) is 0 Å². The number of para-hydroxylation sites is 2. The molecule has 0 aliphatic rings. The van der Waals surface area contributed by atoms with Gasteiger partial charge in [-0.1, -0.05) is 37.3 Å². The van der Waals surface area contributed by atoms with Gasteiger partial charge in [0.2, 0.25) is 0 Å². The highest BCUT2D eigenvalue weighted by molar-refractivity contribution is 8.00. The van der Waals surface area contributed by atoms with Gasteiger partial charge in [-0.2, -0.15) is 0 Å². The van der Waals surface area contributed by atoms with E-state index in [1.165, 1.54) is 6.07 Å². The average Bonchev–Trinajstić information content (AvgIpc) is 2.66. The molecular formula is C19H20N2O5S. The van der Waals surface area contributed by atoms with Gasteiger partial charge in [0.25, 0.3) is 11.6 Å². The van der Waals surface area contributed by atoms with Crippen LogP contribution in [0.3, 0.4) is 0 Å². The summed E-state index contributed by atoms with van der Waals surface area (Å²) in [7, 11) is 0. The van der Waals surface area contributed by atoms with Crippen molar-refractivity contribution in [3.8, 4) is 0 Å². The van der Waals surface area contributed by atoms with Gasteiger partial charge in [-0.3, -0.25) is 19.7 Å². The van der Waals surface area contributed by atoms with Gasteiger partial charge in [-0.15, -0.1) is 11.8 Å². The molecule has 0 aliphatic carbocycles. The van der Waals surface area contributed by atoms with Crippen molar-refractivity contribution in [2.24, 2.45) is 0 Å². The average molecular weight is 388 g/mol. The minimum absolute atomic E-state index is 0.0697. The molecule has 0 fully saturated rings. The Morgan fingerprint density at radius 2 is 1.93 bits per heavy atom. The molecule has 2 aromatic rings. The fourth-order valence-corrected chi connectivity index (χ4v) is 3.25. The number of nitrogens with zero attached hydrogens (tertiary/aromatic N) is 1. The monoisotopic (exact) mass is 388 g/mol. The molecule has 2 rings (SSSR count). The number of carbonyl (C=O) groups excluding carboxylic acids is 2. The first-order chi connectivity index (χ1) is 12.9. The highest BCUT2D eigenvalue weighted by atomic mass is 32.2. The van der Waals surface area contributed by atoms with Gasteiger partial charge < -0.3 is 10.1 Å². The Morgan fingerprint density at radius 3 is 2.63 bits per heavy atom. The zero-order valence-electron chi connectivity index (χ0n) is 15.1. The van der Waals surface area contributed by atoms with Crippen LogP contribution in [0.5, 0.6) is 0 Å². The van der Waals surface area contributed by atoms with E-state index < -0.39 is 23.4 Å². The Morgan fingerprint density at radius 1 is 1.19 bits per heavy atom. The fourth-order valence-electron chi connectivity index (χ4n) is 2.43. The molecule has 0 saturated heterocycles. The summed E-state index contributed by atoms with van der Waals surface area (Å²) < 4.78 is 4.97. The summed E-state index contributed by atoms with van der Waals surface area (Å²) in [6.07, 6.45) is 0.767. The number of esters is 1. The molecule has 7 nitrogen and oxygen atoms in total. The van der Waals surface area contributed by atoms with Crippen LogP contribution in [-0.2, 0) is 20.7 Å². The molecule has 142 valence electrons. The number of hydrogen-bond donors (Lipinski definition) is 1. The summed E-state index contributed by atoms with van der Waals surface area (Å²) in [4.78, 5) is 34.7. The maximum atomic E-state index is 12.1. The smallest absolute Gasteiger partial charge is 0.316 e. The van der Waals surface area contributed by atoms with E-state index in [9.17, 15) is 19.7 Å². The van der Waals surface area contributed by atoms with Gasteiger partial charge in [0.05, 0.1) is 15.6 Å². The molecule has 0 atom stereocenters. The van der Waals surface area contributed by atoms with E-state index >= 15 is 0 Å². The Kier molecular flexibility index (Phi) is 7.36. The van der Waals surface area contributed by atoms with E-state index in [1.54, 1.807) is 18.2 Å². The van der Waals surface area contributed by atoms with Crippen LogP contribution in [0.2, 0.25) is 0 Å². The van der Waals surface area contributed by atoms with Crippen LogP contribution >= 0.6 is 11.8 Å². The molecule has 0 aliphatic heterocycles. The van der Waals surface area contributed by atoms with Gasteiger partial charge in [-0.25, -0.2) is 0 Å². The number of benzene rings is 2. The number of thioether (sulfide) groups is 1. The molecular weight excluding hydrogens is 368 g/mol. The van der Waals surface area contributed by atoms with Crippen LogP contribution in [0.1, 0.15) is 18.1 Å². The van der Waals surface area contributed by atoms with E-state index in [4.69, 9.17) is 4.74 Å². The second kappa shape index (κ2) is 9.72. The first kappa shape index (κ1) is 20.4. The lowest BCUT2D eigenvalue weighted by Crippen LogP contribution is -2.22. The molecule has 27 heavy (non-hydrogen) atoms. The molecule has 8 heteroatoms. The summed E-state index contributed by atoms with van der Waals surface area (Å²) in [5.74, 6) is -1.17. The Hall–Kier alpha value is -2.87. The van der Waals surface area contributed by atoms with Crippen molar-refractivity contribution < 1.29 is 19.2 Å². The maximum Gasteiger partial charge on any atom is 0.316 e. The molecule has 0 spiro atoms. The van der Waals surface area contributed by atoms with Crippen LogP contribution < -0.4 is 5.32 Å². The standard InChI is InChI=1S/C19H20N2O5S/c1-3-14-8-6-7-13(2)19(14)20-17(22)11-26-18(23)12-27-16-10-5-4-9-15(16)21(24)25/h4-10H,3,11-12H2,1-2H3,(H,20,22). The van der Waals surface area contributed by atoms with Crippen LogP contribution in [0.15, 0.2) is 47.4 Å². The molecule has 0 aromatic heterocycles. The Bertz CT molecular complexity index is 854. The van der Waals surface area contributed by atoms with E-state index in [0.29, 0.717) is 4.90 Å². The minimum atomic E-state index is -0.617. The number of aryl methyl sites for hydroxylation is 2. The third-order valence-corrected chi connectivity index (χ3v) is 4.81. The minimum Gasteiger partial charge on any atom is -0.455 e. The highest BCUT2D eigenvalue weighted by Gasteiger charge is 2.16. The molecule has 1 amide bonds. The largest absolute Gasteiger partial charge is 0.455 e. The molecule has 0 bridgehead atoms. The lowest BCUT2D eigenvalue weighted by atomic mass is 10.1. The zero-order chi connectivity index (χ0) is 19.8. The summed E-state index contributed by atoms with van der Waals surface area (Å²) >= 11 is 1.000. The number of amides is 1. The molecule has 0 heterocycles. The summed E-state index contributed by atoms with van der Waals surface area (Å²) in [6, 6.07) is 11.9. The molecule has 0 radical (unpaired) electrons. The first-order valence-corrected chi connectivity index (χ1v) is 9.31. The predicted molar refractivity (Wildman–Crippen MR) is 104 cm³/mol. The van der Waals surface area contributed by atoms with E-state index in [1.807, 2.05) is 32.0 Å². The number of carbonyl (C=O) groups is 2. The second-order valence-electron chi connectivity index (χ2n) is 5.68. The van der Waals surface area contributed by atoms with Crippen molar-refractivity contribution in [3.63, 3.8) is 0 Å². The number of ether oxygens (including phenoxy) is 1. The van der Waals surface area contributed by atoms with E-state index in [2.05, 4.69) is 5.32 Å². The normalized spacial score (nSPS) is 10.3. The highest BCUT2D eigenvalue weighted by Crippen LogP contribution is 2.28. The van der Waals surface area contributed by atoms with Crippen LogP contribution in [0, 0.1) is 17.0 Å². The second-order valence-corrected chi connectivity index (χ2v) is 6.70. The van der Waals surface area contributed by atoms with Gasteiger partial charge in [0.1, 0.15) is 0 Å². The molecule has 2 aromatic carbocycles. The number of nitro benzene ring substituents is 1. The molecule has 0 unspecified atom stereocenters. The first-order valence-electron chi connectivity index (χ1n) is 8.32. The van der Waals surface area contributed by atoms with Crippen LogP contribution in [0.4, 0.5) is 11.4 Å². The van der Waals surface area contributed by atoms with E-state index in [-0.39, 0.29) is 11.4 Å². The van der Waals surface area contributed by atoms with Crippen molar-refractivity contribution in [3.05, 3.63) is 63.7 Å². The van der Waals surface area contributed by atoms with Gasteiger partial charge in [-0.05, 0) is 30.5 Å². The fraction of sp³-hybridized carbons (Fsp3) is 0.263. The summed E-state index contributed by atoms with van der Waals surface area (Å²) in [5, 5.41) is 13.7. The van der Waals surface area contributed by atoms with Gasteiger partial charge in [0, 0.05) is 11.8 Å². The van der Waals surface area contributed by atoms with Crippen LogP contribution in [-0.4, -0.2) is 29.2 Å². The number of rotatable bonds is 8. The quantitative estimate of drug-likeness (QED) is 0.320. The van der Waals surface area contributed by atoms with Crippen molar-refractivity contribution in [1.29, 1.82) is 0 Å². The lowest BCUT2D eigenvalue weighted by molar-refractivity contribution is -0.387. The van der Waals surface area contributed by atoms with Crippen molar-refractivity contribution in [1.82, 2.24) is 0 Å². The summed E-state index contributed by atoms with van der Waals surface area (Å²) in [6.45, 7) is 3.47. The molecule has 1 N–H and O–H groups in total. The third kappa shape index (κ3) is 5.82. The Balaban J connectivity index is 1.86. The maximum absolute atomic E-state index is 12.1. The van der Waals surface area contributed by atoms with Crippen molar-refractivity contribution >= 4 is 35.0 Å². The number of hydrogen-bond acceptors (Lipinski definition) is 6. The third-order valence-electron chi connectivity index (χ3n) is 3.78. The van der Waals surface area contributed by atoms with E-state index in [0.717, 1.165) is 35.0 Å². The summed E-state index contributed by atoms with van der Waals surface area (Å²) in [5.41, 5.74) is 2.60. The van der Waals surface area contributed by atoms with Crippen molar-refractivity contribution in [2.75, 3.05) is 17.7 Å². The number of anilines is 1. The topological polar surface area (TPSA) is 98.5 Å². The van der Waals surface area contributed by atoms with Gasteiger partial charge >= 0.3 is 5.97 Å².